The minimum Gasteiger partial charge on any atom is -0.324 e. The fourth-order valence-corrected chi connectivity index (χ4v) is 2.58. The first-order valence-electron chi connectivity index (χ1n) is 7.00. The summed E-state index contributed by atoms with van der Waals surface area (Å²) in [6.45, 7) is 6.41. The predicted molar refractivity (Wildman–Crippen MR) is 76.5 cm³/mol. The molecule has 2 N–H and O–H groups in total. The second kappa shape index (κ2) is 6.46. The van der Waals surface area contributed by atoms with Crippen LogP contribution in [0.3, 0.4) is 0 Å². The Balaban J connectivity index is 1.84. The highest BCUT2D eigenvalue weighted by atomic mass is 19.1. The van der Waals surface area contributed by atoms with Crippen molar-refractivity contribution in [1.29, 1.82) is 0 Å². The standard InChI is InChI=1S/C15H24FN3/c1-12-11-19(10-9-18(12)2)8-7-15(17)13-5-3-4-6-14(13)16/h3-6,12,15H,7-11,17H2,1-2H3. The van der Waals surface area contributed by atoms with E-state index in [1.54, 1.807) is 12.1 Å². The van der Waals surface area contributed by atoms with Crippen LogP contribution in [0, 0.1) is 5.82 Å². The van der Waals surface area contributed by atoms with Gasteiger partial charge >= 0.3 is 0 Å². The smallest absolute Gasteiger partial charge is 0.127 e. The lowest BCUT2D eigenvalue weighted by Gasteiger charge is -2.38. The SMILES string of the molecule is CC1CN(CCC(N)c2ccccc2F)CCN1C. The maximum atomic E-state index is 13.6. The summed E-state index contributed by atoms with van der Waals surface area (Å²) in [5.74, 6) is -0.193. The molecule has 0 radical (unpaired) electrons. The monoisotopic (exact) mass is 265 g/mol. The van der Waals surface area contributed by atoms with Crippen molar-refractivity contribution < 1.29 is 4.39 Å². The number of hydrogen-bond acceptors (Lipinski definition) is 3. The summed E-state index contributed by atoms with van der Waals surface area (Å²) in [4.78, 5) is 4.79. The normalized spacial score (nSPS) is 23.5. The number of nitrogens with zero attached hydrogens (tertiary/aromatic N) is 2. The first-order chi connectivity index (χ1) is 9.08. The number of benzene rings is 1. The van der Waals surface area contributed by atoms with Crippen LogP contribution in [0.15, 0.2) is 24.3 Å². The molecule has 0 saturated carbocycles. The van der Waals surface area contributed by atoms with Crippen molar-refractivity contribution in [3.8, 4) is 0 Å². The van der Waals surface area contributed by atoms with Gasteiger partial charge in [0, 0.05) is 43.8 Å². The molecule has 2 atom stereocenters. The molecule has 19 heavy (non-hydrogen) atoms. The molecular weight excluding hydrogens is 241 g/mol. The minimum absolute atomic E-state index is 0.193. The lowest BCUT2D eigenvalue weighted by atomic mass is 10.0. The highest BCUT2D eigenvalue weighted by Crippen LogP contribution is 2.18. The molecule has 4 heteroatoms. The average molecular weight is 265 g/mol. The van der Waals surface area contributed by atoms with Crippen molar-refractivity contribution in [2.75, 3.05) is 33.2 Å². The van der Waals surface area contributed by atoms with Gasteiger partial charge in [-0.3, -0.25) is 0 Å². The van der Waals surface area contributed by atoms with Gasteiger partial charge in [-0.05, 0) is 26.5 Å². The van der Waals surface area contributed by atoms with Crippen LogP contribution in [0.25, 0.3) is 0 Å². The fraction of sp³-hybridized carbons (Fsp3) is 0.600. The van der Waals surface area contributed by atoms with E-state index in [1.165, 1.54) is 6.07 Å². The van der Waals surface area contributed by atoms with Crippen molar-refractivity contribution in [3.63, 3.8) is 0 Å². The van der Waals surface area contributed by atoms with Gasteiger partial charge in [-0.25, -0.2) is 4.39 Å². The van der Waals surface area contributed by atoms with E-state index in [4.69, 9.17) is 5.73 Å². The summed E-state index contributed by atoms with van der Waals surface area (Å²) in [6.07, 6.45) is 0.803. The van der Waals surface area contributed by atoms with Gasteiger partial charge in [0.05, 0.1) is 0 Å². The Labute approximate surface area is 115 Å². The van der Waals surface area contributed by atoms with E-state index in [0.29, 0.717) is 11.6 Å². The molecule has 1 aromatic carbocycles. The largest absolute Gasteiger partial charge is 0.324 e. The Morgan fingerprint density at radius 2 is 2.11 bits per heavy atom. The van der Waals surface area contributed by atoms with Gasteiger partial charge in [0.2, 0.25) is 0 Å². The Hall–Kier alpha value is -0.970. The zero-order chi connectivity index (χ0) is 13.8. The maximum Gasteiger partial charge on any atom is 0.127 e. The van der Waals surface area contributed by atoms with Gasteiger partial charge in [-0.1, -0.05) is 18.2 Å². The fourth-order valence-electron chi connectivity index (χ4n) is 2.58. The van der Waals surface area contributed by atoms with Gasteiger partial charge in [0.25, 0.3) is 0 Å². The Morgan fingerprint density at radius 3 is 2.79 bits per heavy atom. The molecule has 3 nitrogen and oxygen atoms in total. The molecule has 0 aromatic heterocycles. The Kier molecular flexibility index (Phi) is 4.91. The zero-order valence-electron chi connectivity index (χ0n) is 11.8. The molecule has 0 amide bonds. The number of likely N-dealkylation sites (N-methyl/N-ethyl adjacent to an activating group) is 1. The van der Waals surface area contributed by atoms with Crippen LogP contribution in [0.5, 0.6) is 0 Å². The minimum atomic E-state index is -0.212. The summed E-state index contributed by atoms with van der Waals surface area (Å²) in [6, 6.07) is 7.18. The molecule has 0 aliphatic carbocycles. The molecule has 0 spiro atoms. The second-order valence-corrected chi connectivity index (χ2v) is 5.55. The van der Waals surface area contributed by atoms with Crippen LogP contribution < -0.4 is 5.73 Å². The number of rotatable bonds is 4. The van der Waals surface area contributed by atoms with Crippen LogP contribution in [-0.2, 0) is 0 Å². The summed E-state index contributed by atoms with van der Waals surface area (Å²) in [5, 5.41) is 0. The van der Waals surface area contributed by atoms with Gasteiger partial charge in [-0.2, -0.15) is 0 Å². The quantitative estimate of drug-likeness (QED) is 0.902. The van der Waals surface area contributed by atoms with Crippen LogP contribution in [0.1, 0.15) is 24.9 Å². The van der Waals surface area contributed by atoms with Crippen LogP contribution in [0.2, 0.25) is 0 Å². The number of nitrogens with two attached hydrogens (primary N) is 1. The second-order valence-electron chi connectivity index (χ2n) is 5.55. The van der Waals surface area contributed by atoms with Crippen molar-refractivity contribution in [3.05, 3.63) is 35.6 Å². The molecule has 1 aliphatic rings. The van der Waals surface area contributed by atoms with E-state index in [0.717, 1.165) is 32.6 Å². The zero-order valence-corrected chi connectivity index (χ0v) is 11.8. The lowest BCUT2D eigenvalue weighted by Crippen LogP contribution is -2.50. The van der Waals surface area contributed by atoms with Crippen molar-refractivity contribution in [2.45, 2.75) is 25.4 Å². The van der Waals surface area contributed by atoms with E-state index >= 15 is 0 Å². The maximum absolute atomic E-state index is 13.6. The highest BCUT2D eigenvalue weighted by molar-refractivity contribution is 5.20. The Bertz CT molecular complexity index is 410. The van der Waals surface area contributed by atoms with Gasteiger partial charge in [0.1, 0.15) is 5.82 Å². The molecule has 1 aliphatic heterocycles. The molecule has 2 unspecified atom stereocenters. The molecule has 1 aromatic rings. The van der Waals surface area contributed by atoms with Crippen LogP contribution >= 0.6 is 0 Å². The van der Waals surface area contributed by atoms with Crippen molar-refractivity contribution in [2.24, 2.45) is 5.73 Å². The summed E-state index contributed by atoms with van der Waals surface area (Å²) < 4.78 is 13.6. The number of piperazine rings is 1. The van der Waals surface area contributed by atoms with Gasteiger partial charge in [0.15, 0.2) is 0 Å². The van der Waals surface area contributed by atoms with E-state index in [1.807, 2.05) is 6.07 Å². The highest BCUT2D eigenvalue weighted by Gasteiger charge is 2.21. The lowest BCUT2D eigenvalue weighted by molar-refractivity contribution is 0.103. The van der Waals surface area contributed by atoms with Crippen LogP contribution in [0.4, 0.5) is 4.39 Å². The summed E-state index contributed by atoms with van der Waals surface area (Å²) >= 11 is 0. The van der Waals surface area contributed by atoms with E-state index in [9.17, 15) is 4.39 Å². The number of halogens is 1. The van der Waals surface area contributed by atoms with E-state index in [2.05, 4.69) is 23.8 Å². The van der Waals surface area contributed by atoms with Crippen molar-refractivity contribution in [1.82, 2.24) is 9.80 Å². The molecule has 1 fully saturated rings. The third kappa shape index (κ3) is 3.75. The summed E-state index contributed by atoms with van der Waals surface area (Å²) in [5.41, 5.74) is 6.73. The predicted octanol–water partition coefficient (Wildman–Crippen LogP) is 1.85. The first-order valence-corrected chi connectivity index (χ1v) is 7.00. The first kappa shape index (κ1) is 14.4. The molecule has 1 saturated heterocycles. The molecule has 106 valence electrons. The Morgan fingerprint density at radius 1 is 1.37 bits per heavy atom. The average Bonchev–Trinajstić information content (AvgIpc) is 2.40. The van der Waals surface area contributed by atoms with Gasteiger partial charge in [-0.15, -0.1) is 0 Å². The molecule has 0 bridgehead atoms. The van der Waals surface area contributed by atoms with E-state index < -0.39 is 0 Å². The van der Waals surface area contributed by atoms with Gasteiger partial charge < -0.3 is 15.5 Å². The molecular formula is C15H24FN3. The number of hydrogen-bond donors (Lipinski definition) is 1. The third-order valence-corrected chi connectivity index (χ3v) is 4.10. The molecule has 2 rings (SSSR count). The third-order valence-electron chi connectivity index (χ3n) is 4.10. The summed E-state index contributed by atoms with van der Waals surface area (Å²) in [7, 11) is 2.16. The molecule has 1 heterocycles. The topological polar surface area (TPSA) is 32.5 Å². The van der Waals surface area contributed by atoms with Crippen LogP contribution in [-0.4, -0.2) is 49.1 Å². The van der Waals surface area contributed by atoms with Crippen molar-refractivity contribution >= 4 is 0 Å². The van der Waals surface area contributed by atoms with E-state index in [-0.39, 0.29) is 11.9 Å².